The molecule has 19 heavy (non-hydrogen) atoms. The Morgan fingerprint density at radius 1 is 1.32 bits per heavy atom. The average Bonchev–Trinajstić information content (AvgIpc) is 2.57. The maximum absolute atomic E-state index is 11.1. The fourth-order valence-electron chi connectivity index (χ4n) is 2.75. The molecule has 1 aromatic carbocycles. The van der Waals surface area contributed by atoms with Crippen LogP contribution in [-0.4, -0.2) is 17.1 Å². The zero-order valence-electron chi connectivity index (χ0n) is 11.4. The molecule has 0 radical (unpaired) electrons. The Balaban J connectivity index is 2.13. The molecular weight excluding hydrogens is 240 g/mol. The Bertz CT molecular complexity index is 459. The van der Waals surface area contributed by atoms with E-state index in [4.69, 9.17) is 10.8 Å². The van der Waals surface area contributed by atoms with Crippen molar-refractivity contribution in [2.24, 2.45) is 5.92 Å². The number of carbonyl (C=O) groups is 1. The maximum Gasteiger partial charge on any atom is 0.337 e. The van der Waals surface area contributed by atoms with Gasteiger partial charge in [0.2, 0.25) is 0 Å². The number of nitrogen functional groups attached to an aromatic ring is 1. The van der Waals surface area contributed by atoms with Gasteiger partial charge in [-0.05, 0) is 37.0 Å². The standard InChI is InChI=1S/C15H22N2O2/c1-10-5-3-2-4-6-14(10)17-11-7-8-13(16)12(9-11)15(18)19/h7-10,14,17H,2-6,16H2,1H3,(H,18,19). The summed E-state index contributed by atoms with van der Waals surface area (Å²) in [6.45, 7) is 2.26. The van der Waals surface area contributed by atoms with Gasteiger partial charge in [-0.25, -0.2) is 4.79 Å². The first-order valence-corrected chi connectivity index (χ1v) is 6.97. The topological polar surface area (TPSA) is 75.3 Å². The third kappa shape index (κ3) is 3.40. The number of nitrogens with two attached hydrogens (primary N) is 1. The van der Waals surface area contributed by atoms with Crippen LogP contribution in [0.3, 0.4) is 0 Å². The van der Waals surface area contributed by atoms with E-state index in [9.17, 15) is 4.79 Å². The SMILES string of the molecule is CC1CCCCCC1Nc1ccc(N)c(C(=O)O)c1. The molecule has 0 aromatic heterocycles. The Kier molecular flexibility index (Phi) is 4.30. The molecule has 104 valence electrons. The first-order valence-electron chi connectivity index (χ1n) is 6.97. The lowest BCUT2D eigenvalue weighted by Crippen LogP contribution is -2.26. The second-order valence-corrected chi connectivity index (χ2v) is 5.47. The number of hydrogen-bond donors (Lipinski definition) is 3. The van der Waals surface area contributed by atoms with E-state index in [0.717, 1.165) is 12.1 Å². The van der Waals surface area contributed by atoms with Gasteiger partial charge in [0, 0.05) is 17.4 Å². The van der Waals surface area contributed by atoms with Crippen molar-refractivity contribution in [3.05, 3.63) is 23.8 Å². The molecular formula is C15H22N2O2. The summed E-state index contributed by atoms with van der Waals surface area (Å²) in [5, 5.41) is 12.6. The molecule has 0 spiro atoms. The summed E-state index contributed by atoms with van der Waals surface area (Å²) in [6.07, 6.45) is 6.21. The molecule has 1 fully saturated rings. The van der Waals surface area contributed by atoms with Crippen molar-refractivity contribution >= 4 is 17.3 Å². The van der Waals surface area contributed by atoms with Crippen LogP contribution in [0.25, 0.3) is 0 Å². The predicted octanol–water partition coefficient (Wildman–Crippen LogP) is 3.35. The van der Waals surface area contributed by atoms with E-state index in [-0.39, 0.29) is 5.56 Å². The lowest BCUT2D eigenvalue weighted by Gasteiger charge is -2.24. The van der Waals surface area contributed by atoms with Crippen molar-refractivity contribution in [2.75, 3.05) is 11.1 Å². The normalized spacial score (nSPS) is 23.6. The van der Waals surface area contributed by atoms with Crippen molar-refractivity contribution in [3.8, 4) is 0 Å². The molecule has 4 nitrogen and oxygen atoms in total. The Morgan fingerprint density at radius 2 is 2.05 bits per heavy atom. The molecule has 0 heterocycles. The van der Waals surface area contributed by atoms with Crippen LogP contribution >= 0.6 is 0 Å². The van der Waals surface area contributed by atoms with Crippen molar-refractivity contribution in [1.82, 2.24) is 0 Å². The number of nitrogens with one attached hydrogen (secondary N) is 1. The Hall–Kier alpha value is -1.71. The minimum Gasteiger partial charge on any atom is -0.478 e. The van der Waals surface area contributed by atoms with Crippen LogP contribution in [0.1, 0.15) is 49.4 Å². The highest BCUT2D eigenvalue weighted by atomic mass is 16.4. The van der Waals surface area contributed by atoms with E-state index in [2.05, 4.69) is 12.2 Å². The Labute approximate surface area is 114 Å². The summed E-state index contributed by atoms with van der Waals surface area (Å²) in [7, 11) is 0. The fourth-order valence-corrected chi connectivity index (χ4v) is 2.75. The van der Waals surface area contributed by atoms with Crippen molar-refractivity contribution in [3.63, 3.8) is 0 Å². The number of rotatable bonds is 3. The summed E-state index contributed by atoms with van der Waals surface area (Å²) in [5.74, 6) is -0.358. The maximum atomic E-state index is 11.1. The first kappa shape index (κ1) is 13.7. The zero-order valence-corrected chi connectivity index (χ0v) is 11.4. The second kappa shape index (κ2) is 5.95. The minimum atomic E-state index is -0.977. The molecule has 2 unspecified atom stereocenters. The van der Waals surface area contributed by atoms with Crippen LogP contribution in [0.15, 0.2) is 18.2 Å². The van der Waals surface area contributed by atoms with Crippen LogP contribution < -0.4 is 11.1 Å². The van der Waals surface area contributed by atoms with Gasteiger partial charge in [0.15, 0.2) is 0 Å². The highest BCUT2D eigenvalue weighted by Crippen LogP contribution is 2.27. The fraction of sp³-hybridized carbons (Fsp3) is 0.533. The molecule has 0 bridgehead atoms. The van der Waals surface area contributed by atoms with E-state index < -0.39 is 5.97 Å². The van der Waals surface area contributed by atoms with E-state index in [1.54, 1.807) is 12.1 Å². The van der Waals surface area contributed by atoms with Gasteiger partial charge in [-0.2, -0.15) is 0 Å². The average molecular weight is 262 g/mol. The van der Waals surface area contributed by atoms with Gasteiger partial charge < -0.3 is 16.2 Å². The van der Waals surface area contributed by atoms with E-state index in [1.165, 1.54) is 25.7 Å². The Morgan fingerprint density at radius 3 is 2.79 bits per heavy atom. The van der Waals surface area contributed by atoms with Crippen molar-refractivity contribution in [2.45, 2.75) is 45.1 Å². The molecule has 2 rings (SSSR count). The molecule has 4 N–H and O–H groups in total. The molecule has 0 aliphatic heterocycles. The largest absolute Gasteiger partial charge is 0.478 e. The second-order valence-electron chi connectivity index (χ2n) is 5.47. The van der Waals surface area contributed by atoms with Crippen LogP contribution in [0.4, 0.5) is 11.4 Å². The van der Waals surface area contributed by atoms with Gasteiger partial charge in [0.25, 0.3) is 0 Å². The lowest BCUT2D eigenvalue weighted by atomic mass is 9.96. The summed E-state index contributed by atoms with van der Waals surface area (Å²) >= 11 is 0. The summed E-state index contributed by atoms with van der Waals surface area (Å²) < 4.78 is 0. The minimum absolute atomic E-state index is 0.172. The van der Waals surface area contributed by atoms with Crippen molar-refractivity contribution < 1.29 is 9.90 Å². The van der Waals surface area contributed by atoms with Crippen LogP contribution in [0, 0.1) is 5.92 Å². The molecule has 4 heteroatoms. The molecule has 1 saturated carbocycles. The van der Waals surface area contributed by atoms with Gasteiger partial charge >= 0.3 is 5.97 Å². The third-order valence-electron chi connectivity index (χ3n) is 4.00. The number of hydrogen-bond acceptors (Lipinski definition) is 3. The van der Waals surface area contributed by atoms with Gasteiger partial charge in [-0.15, -0.1) is 0 Å². The summed E-state index contributed by atoms with van der Waals surface area (Å²) in [4.78, 5) is 11.1. The number of anilines is 2. The molecule has 0 saturated heterocycles. The highest BCUT2D eigenvalue weighted by molar-refractivity contribution is 5.94. The van der Waals surface area contributed by atoms with Gasteiger partial charge in [-0.3, -0.25) is 0 Å². The zero-order chi connectivity index (χ0) is 13.8. The molecule has 2 atom stereocenters. The van der Waals surface area contributed by atoms with Gasteiger partial charge in [0.05, 0.1) is 5.56 Å². The quantitative estimate of drug-likeness (QED) is 0.577. The number of carboxylic acids is 1. The van der Waals surface area contributed by atoms with Gasteiger partial charge in [-0.1, -0.05) is 26.2 Å². The first-order chi connectivity index (χ1) is 9.08. The van der Waals surface area contributed by atoms with Crippen LogP contribution in [0.5, 0.6) is 0 Å². The van der Waals surface area contributed by atoms with Gasteiger partial charge in [0.1, 0.15) is 0 Å². The number of aromatic carboxylic acids is 1. The monoisotopic (exact) mass is 262 g/mol. The molecule has 1 aliphatic carbocycles. The third-order valence-corrected chi connectivity index (χ3v) is 4.00. The van der Waals surface area contributed by atoms with Crippen LogP contribution in [0.2, 0.25) is 0 Å². The van der Waals surface area contributed by atoms with E-state index >= 15 is 0 Å². The number of benzene rings is 1. The van der Waals surface area contributed by atoms with Crippen LogP contribution in [-0.2, 0) is 0 Å². The summed E-state index contributed by atoms with van der Waals surface area (Å²) in [6, 6.07) is 5.58. The highest BCUT2D eigenvalue weighted by Gasteiger charge is 2.20. The summed E-state index contributed by atoms with van der Waals surface area (Å²) in [5.41, 5.74) is 7.00. The lowest BCUT2D eigenvalue weighted by molar-refractivity contribution is 0.0698. The van der Waals surface area contributed by atoms with E-state index in [0.29, 0.717) is 17.6 Å². The molecule has 1 aromatic rings. The predicted molar refractivity (Wildman–Crippen MR) is 77.5 cm³/mol. The molecule has 0 amide bonds. The van der Waals surface area contributed by atoms with Crippen molar-refractivity contribution in [1.29, 1.82) is 0 Å². The smallest absolute Gasteiger partial charge is 0.337 e. The number of carboxylic acid groups (broad SMARTS) is 1. The molecule has 1 aliphatic rings. The van der Waals surface area contributed by atoms with E-state index in [1.807, 2.05) is 6.07 Å².